The van der Waals surface area contributed by atoms with Crippen LogP contribution >= 0.6 is 0 Å². The minimum atomic E-state index is -4.31. The SMILES string of the molecule is Cc1cc(C=CCC=O)ccc1C(F)(F)F. The number of aldehydes is 1. The largest absolute Gasteiger partial charge is 0.416 e. The van der Waals surface area contributed by atoms with Crippen LogP contribution in [-0.2, 0) is 11.0 Å². The minimum absolute atomic E-state index is 0.181. The van der Waals surface area contributed by atoms with E-state index in [1.165, 1.54) is 19.1 Å². The highest BCUT2D eigenvalue weighted by molar-refractivity contribution is 5.58. The molecule has 0 saturated heterocycles. The lowest BCUT2D eigenvalue weighted by Gasteiger charge is -2.10. The van der Waals surface area contributed by atoms with Crippen LogP contribution in [0.4, 0.5) is 13.2 Å². The summed E-state index contributed by atoms with van der Waals surface area (Å²) in [6.45, 7) is 1.42. The van der Waals surface area contributed by atoms with Gasteiger partial charge in [0.25, 0.3) is 0 Å². The summed E-state index contributed by atoms with van der Waals surface area (Å²) in [5, 5.41) is 0. The average Bonchev–Trinajstić information content (AvgIpc) is 2.16. The Labute approximate surface area is 91.6 Å². The van der Waals surface area contributed by atoms with Gasteiger partial charge in [-0.2, -0.15) is 13.2 Å². The number of carbonyl (C=O) groups is 1. The van der Waals surface area contributed by atoms with Gasteiger partial charge in [-0.15, -0.1) is 0 Å². The number of carbonyl (C=O) groups excluding carboxylic acids is 1. The summed E-state index contributed by atoms with van der Waals surface area (Å²) < 4.78 is 37.3. The topological polar surface area (TPSA) is 17.1 Å². The molecule has 0 fully saturated rings. The summed E-state index contributed by atoms with van der Waals surface area (Å²) in [6, 6.07) is 3.89. The maximum Gasteiger partial charge on any atom is 0.416 e. The van der Waals surface area contributed by atoms with Crippen molar-refractivity contribution in [1.29, 1.82) is 0 Å². The predicted octanol–water partition coefficient (Wildman–Crippen LogP) is 3.62. The van der Waals surface area contributed by atoms with E-state index in [0.29, 0.717) is 5.56 Å². The standard InChI is InChI=1S/C12H11F3O/c1-9-8-10(4-2-3-7-16)5-6-11(9)12(13,14)15/h2,4-8H,3H2,1H3. The van der Waals surface area contributed by atoms with Crippen LogP contribution in [0.15, 0.2) is 24.3 Å². The summed E-state index contributed by atoms with van der Waals surface area (Å²) in [6.07, 6.45) is -0.0841. The third kappa shape index (κ3) is 3.22. The monoisotopic (exact) mass is 228 g/mol. The Morgan fingerprint density at radius 3 is 2.50 bits per heavy atom. The fraction of sp³-hybridized carbons (Fsp3) is 0.250. The molecule has 16 heavy (non-hydrogen) atoms. The number of hydrogen-bond donors (Lipinski definition) is 0. The summed E-state index contributed by atoms with van der Waals surface area (Å²) in [4.78, 5) is 10.0. The smallest absolute Gasteiger partial charge is 0.303 e. The Balaban J connectivity index is 2.95. The molecule has 0 radical (unpaired) electrons. The molecule has 0 bridgehead atoms. The molecule has 0 aliphatic rings. The fourth-order valence-corrected chi connectivity index (χ4v) is 1.37. The molecule has 0 aliphatic heterocycles. The van der Waals surface area contributed by atoms with Crippen molar-refractivity contribution in [3.05, 3.63) is 41.0 Å². The van der Waals surface area contributed by atoms with Crippen molar-refractivity contribution in [3.8, 4) is 0 Å². The zero-order valence-electron chi connectivity index (χ0n) is 8.71. The van der Waals surface area contributed by atoms with E-state index in [2.05, 4.69) is 0 Å². The molecule has 1 rings (SSSR count). The molecule has 0 saturated carbocycles. The van der Waals surface area contributed by atoms with E-state index >= 15 is 0 Å². The third-order valence-electron chi connectivity index (χ3n) is 2.10. The first-order valence-electron chi connectivity index (χ1n) is 4.73. The minimum Gasteiger partial charge on any atom is -0.303 e. The highest BCUT2D eigenvalue weighted by atomic mass is 19.4. The van der Waals surface area contributed by atoms with Crippen LogP contribution in [0.1, 0.15) is 23.1 Å². The van der Waals surface area contributed by atoms with Crippen molar-refractivity contribution >= 4 is 12.4 Å². The van der Waals surface area contributed by atoms with Crippen LogP contribution in [0.3, 0.4) is 0 Å². The van der Waals surface area contributed by atoms with Crippen LogP contribution in [0, 0.1) is 6.92 Å². The predicted molar refractivity (Wildman–Crippen MR) is 55.9 cm³/mol. The van der Waals surface area contributed by atoms with Gasteiger partial charge in [0.15, 0.2) is 0 Å². The number of aryl methyl sites for hydroxylation is 1. The molecule has 4 heteroatoms. The van der Waals surface area contributed by atoms with Gasteiger partial charge in [-0.3, -0.25) is 0 Å². The van der Waals surface area contributed by atoms with Crippen molar-refractivity contribution < 1.29 is 18.0 Å². The van der Waals surface area contributed by atoms with Gasteiger partial charge in [-0.25, -0.2) is 0 Å². The molecule has 1 aromatic carbocycles. The first-order chi connectivity index (χ1) is 7.45. The summed E-state index contributed by atoms with van der Waals surface area (Å²) in [5.74, 6) is 0. The van der Waals surface area contributed by atoms with Gasteiger partial charge in [0, 0.05) is 6.42 Å². The van der Waals surface area contributed by atoms with E-state index in [-0.39, 0.29) is 12.0 Å². The lowest BCUT2D eigenvalue weighted by atomic mass is 10.0. The van der Waals surface area contributed by atoms with Crippen molar-refractivity contribution in [1.82, 2.24) is 0 Å². The van der Waals surface area contributed by atoms with Crippen molar-refractivity contribution in [3.63, 3.8) is 0 Å². The molecule has 86 valence electrons. The quantitative estimate of drug-likeness (QED) is 0.722. The second-order valence-electron chi connectivity index (χ2n) is 3.38. The highest BCUT2D eigenvalue weighted by Gasteiger charge is 2.31. The van der Waals surface area contributed by atoms with Gasteiger partial charge in [-0.05, 0) is 24.1 Å². The van der Waals surface area contributed by atoms with Crippen molar-refractivity contribution in [2.45, 2.75) is 19.5 Å². The van der Waals surface area contributed by atoms with E-state index in [1.54, 1.807) is 12.2 Å². The molecule has 0 aromatic heterocycles. The number of halogens is 3. The average molecular weight is 228 g/mol. The lowest BCUT2D eigenvalue weighted by molar-refractivity contribution is -0.138. The molecule has 1 aromatic rings. The Bertz CT molecular complexity index is 405. The first kappa shape index (κ1) is 12.5. The molecule has 0 amide bonds. The van der Waals surface area contributed by atoms with Gasteiger partial charge in [0.1, 0.15) is 6.29 Å². The number of alkyl halides is 3. The molecule has 0 heterocycles. The van der Waals surface area contributed by atoms with Gasteiger partial charge >= 0.3 is 6.18 Å². The molecule has 0 atom stereocenters. The maximum atomic E-state index is 12.4. The van der Waals surface area contributed by atoms with Crippen LogP contribution in [0.5, 0.6) is 0 Å². The van der Waals surface area contributed by atoms with Crippen LogP contribution in [0.2, 0.25) is 0 Å². The second-order valence-corrected chi connectivity index (χ2v) is 3.38. The number of allylic oxidation sites excluding steroid dienone is 1. The zero-order valence-corrected chi connectivity index (χ0v) is 8.71. The highest BCUT2D eigenvalue weighted by Crippen LogP contribution is 2.32. The normalized spacial score (nSPS) is 12.0. The molecular weight excluding hydrogens is 217 g/mol. The molecular formula is C12H11F3O. The third-order valence-corrected chi connectivity index (χ3v) is 2.10. The maximum absolute atomic E-state index is 12.4. The Morgan fingerprint density at radius 1 is 1.31 bits per heavy atom. The van der Waals surface area contributed by atoms with E-state index in [1.807, 2.05) is 0 Å². The molecule has 0 N–H and O–H groups in total. The van der Waals surface area contributed by atoms with E-state index in [9.17, 15) is 18.0 Å². The van der Waals surface area contributed by atoms with Gasteiger partial charge in [-0.1, -0.05) is 24.3 Å². The number of hydrogen-bond acceptors (Lipinski definition) is 1. The van der Waals surface area contributed by atoms with Gasteiger partial charge < -0.3 is 4.79 Å². The van der Waals surface area contributed by atoms with Crippen molar-refractivity contribution in [2.24, 2.45) is 0 Å². The zero-order chi connectivity index (χ0) is 12.2. The number of rotatable bonds is 3. The summed E-state index contributed by atoms with van der Waals surface area (Å²) in [7, 11) is 0. The van der Waals surface area contributed by atoms with E-state index in [4.69, 9.17) is 0 Å². The van der Waals surface area contributed by atoms with Crippen LogP contribution in [0.25, 0.3) is 6.08 Å². The van der Waals surface area contributed by atoms with E-state index in [0.717, 1.165) is 12.4 Å². The summed E-state index contributed by atoms with van der Waals surface area (Å²) >= 11 is 0. The Hall–Kier alpha value is -1.58. The Morgan fingerprint density at radius 2 is 2.00 bits per heavy atom. The number of benzene rings is 1. The van der Waals surface area contributed by atoms with Crippen molar-refractivity contribution in [2.75, 3.05) is 0 Å². The first-order valence-corrected chi connectivity index (χ1v) is 4.73. The Kier molecular flexibility index (Phi) is 3.88. The fourth-order valence-electron chi connectivity index (χ4n) is 1.37. The molecule has 0 aliphatic carbocycles. The molecule has 0 unspecified atom stereocenters. The second kappa shape index (κ2) is 4.96. The molecule has 1 nitrogen and oxygen atoms in total. The lowest BCUT2D eigenvalue weighted by Crippen LogP contribution is -2.07. The van der Waals surface area contributed by atoms with E-state index < -0.39 is 11.7 Å². The molecule has 0 spiro atoms. The van der Waals surface area contributed by atoms with Gasteiger partial charge in [0.05, 0.1) is 5.56 Å². The van der Waals surface area contributed by atoms with Crippen LogP contribution in [-0.4, -0.2) is 6.29 Å². The van der Waals surface area contributed by atoms with Crippen LogP contribution < -0.4 is 0 Å². The summed E-state index contributed by atoms with van der Waals surface area (Å²) in [5.41, 5.74) is 0.216. The van der Waals surface area contributed by atoms with Gasteiger partial charge in [0.2, 0.25) is 0 Å².